The van der Waals surface area contributed by atoms with Crippen LogP contribution in [0.2, 0.25) is 0 Å². The molecule has 0 aliphatic carbocycles. The number of carbonyl (C=O) groups excluding carboxylic acids is 8. The fourth-order valence-corrected chi connectivity index (χ4v) is 17.3. The third-order valence-electron chi connectivity index (χ3n) is 24.1. The molecule has 13 aliphatic rings. The van der Waals surface area contributed by atoms with Gasteiger partial charge in [-0.15, -0.1) is 6.61 Å². The first-order valence-electron chi connectivity index (χ1n) is 48.8. The van der Waals surface area contributed by atoms with Crippen LogP contribution in [-0.2, 0) is 185 Å². The van der Waals surface area contributed by atoms with Gasteiger partial charge in [0.15, 0.2) is 69.4 Å². The number of Topliss-reactive ketones (excluding diaryl/α,β-unsaturated/α-hetero) is 2. The number of hydrogen-bond acceptors (Lipinski definition) is 46. The predicted molar refractivity (Wildman–Crippen MR) is 481 cm³/mol. The number of cyclic esters (lactones) is 2. The van der Waals surface area contributed by atoms with Gasteiger partial charge in [-0.3, -0.25) is 28.8 Å². The van der Waals surface area contributed by atoms with E-state index in [-0.39, 0.29) is 186 Å². The van der Waals surface area contributed by atoms with E-state index in [9.17, 15) is 38.4 Å². The van der Waals surface area contributed by atoms with Crippen molar-refractivity contribution in [1.29, 1.82) is 0 Å². The smallest absolute Gasteiger partial charge is 0.306 e. The maximum Gasteiger partial charge on any atom is 0.306 e. The van der Waals surface area contributed by atoms with Crippen LogP contribution in [0.25, 0.3) is 0 Å². The molecule has 0 amide bonds. The summed E-state index contributed by atoms with van der Waals surface area (Å²) in [5.74, 6) is -12.9. The van der Waals surface area contributed by atoms with Gasteiger partial charge in [0, 0.05) is 84.5 Å². The van der Waals surface area contributed by atoms with E-state index in [0.29, 0.717) is 104 Å². The van der Waals surface area contributed by atoms with Crippen LogP contribution in [0.15, 0.2) is 0 Å². The number of methoxy groups -OCH3 is 1. The summed E-state index contributed by atoms with van der Waals surface area (Å²) in [5.41, 5.74) is 0. The Morgan fingerprint density at radius 2 is 0.532 bits per heavy atom. The monoisotopic (exact) mass is 2040 g/mol. The van der Waals surface area contributed by atoms with E-state index in [1.165, 1.54) is 0 Å². The summed E-state index contributed by atoms with van der Waals surface area (Å²) in [6, 6.07) is 0. The normalized spacial score (nSPS) is 36.9. The number of hydrogen-bond donors (Lipinski definition) is 6. The van der Waals surface area contributed by atoms with Gasteiger partial charge < -0.3 is 192 Å². The Morgan fingerprint density at radius 3 is 0.745 bits per heavy atom. The van der Waals surface area contributed by atoms with Crippen LogP contribution in [0.3, 0.4) is 0 Å². The van der Waals surface area contributed by atoms with Gasteiger partial charge in [-0.1, -0.05) is 0 Å². The fraction of sp³-hybridized carbons (Fsp3) is 0.916. The van der Waals surface area contributed by atoms with Gasteiger partial charge in [-0.2, -0.15) is 0 Å². The Morgan fingerprint density at radius 1 is 0.312 bits per heavy atom. The Balaban J connectivity index is 0.000000246. The van der Waals surface area contributed by atoms with Gasteiger partial charge in [0.05, 0.1) is 131 Å². The van der Waals surface area contributed by atoms with E-state index >= 15 is 0 Å². The van der Waals surface area contributed by atoms with Crippen molar-refractivity contribution < 1.29 is 221 Å². The second kappa shape index (κ2) is 55.9. The SMILES string of the molecule is CC1(C)OC(C2COC(C)(CCC(=O)OCCO)O2)C(C2COC(C)(CCC(=O)OCCO)O2)O1.CC1(C)OC2C3COC(C)(CCC(=O)OCCOC(=O)CCC4(C)OCC(O4)C2O1)O3.CCO.CCOC(=O)CCC1(C)OCC(C2OC(C)(C)OC2C2COC(C)(CCC(C)=O)O2)O1.COCCOC(=O)CCC1(C)OCC(C2OC(C)(C)OC2C2COC(C)(CCC(C)=O)O2)O1.OCCO.[O-]CCO. The van der Waals surface area contributed by atoms with E-state index in [1.54, 1.807) is 83.3 Å². The molecular formula is C95H161O46-. The first kappa shape index (κ1) is 123. The van der Waals surface area contributed by atoms with E-state index in [0.717, 1.165) is 0 Å². The summed E-state index contributed by atoms with van der Waals surface area (Å²) in [5, 5.41) is 57.0. The maximum atomic E-state index is 12.0. The molecule has 6 N–H and O–H groups in total. The van der Waals surface area contributed by atoms with E-state index < -0.39 is 173 Å². The molecule has 13 rings (SSSR count). The van der Waals surface area contributed by atoms with Gasteiger partial charge in [0.1, 0.15) is 142 Å². The standard InChI is InChI=1S/C23H38O12.C23H38O10.C22H36O9.C21H32O10.C2H6O2.C2H5O2.C2H6O/c1-21(2)34-19(15-13-30-22(3,32-15)7-5-17(26)28-11-9-24)20(35-21)16-14-31-23(4,33-16)8-6-18(27)29-12-10-25;1-15(24)7-9-22(4)28-13-16(30-22)19-20(33-21(2,3)32-19)17-14-29-23(5,31-17)10-8-18(25)27-12-11-26-6;1-7-25-17(24)9-11-22(6)27-13-16(29-22)19-18(30-20(3,4)31-19)15-12-26-21(5,28-15)10-8-14(2)23;1-19(2)30-17-13-11-26-20(3,28-13)7-5-15(22)24-9-10-25-16(23)6-8-21(4)27-12-14(29-21)18(17)31-19;2*3-1-2-4;1-2-3/h15-16,19-20,24-25H,5-14H2,1-4H3;16-17,19-20H,7-14H2,1-6H3;15-16,18-19H,7-13H2,1-6H3;13-14,17-18H,5-12H2,1-4H3;3-4H,1-2H2;3H,1-2H2;3H,2H2,1H3/q;;;;;-1;. The molecule has 13 saturated heterocycles. The second-order valence-corrected chi connectivity index (χ2v) is 39.0. The lowest BCUT2D eigenvalue weighted by Crippen LogP contribution is -2.45. The number of aliphatic hydroxyl groups is 6. The molecule has 0 radical (unpaired) electrons. The highest BCUT2D eigenvalue weighted by Crippen LogP contribution is 2.48. The molecule has 13 heterocycles. The van der Waals surface area contributed by atoms with Crippen molar-refractivity contribution in [2.45, 2.75) is 408 Å². The largest absolute Gasteiger partial charge is 0.853 e. The molecular weight excluding hydrogens is 1880 g/mol. The Labute approximate surface area is 825 Å². The second-order valence-electron chi connectivity index (χ2n) is 39.0. The molecule has 46 nitrogen and oxygen atoms in total. The van der Waals surface area contributed by atoms with Crippen molar-refractivity contribution in [3.8, 4) is 0 Å². The van der Waals surface area contributed by atoms with Crippen molar-refractivity contribution in [3.05, 3.63) is 0 Å². The lowest BCUT2D eigenvalue weighted by atomic mass is 10.0. The quantitative estimate of drug-likeness (QED) is 0.0304. The Kier molecular flexibility index (Phi) is 48.7. The summed E-state index contributed by atoms with van der Waals surface area (Å²) < 4.78 is 181. The molecule has 0 aromatic heterocycles. The lowest BCUT2D eigenvalue weighted by molar-refractivity contribution is -0.372. The van der Waals surface area contributed by atoms with E-state index in [4.69, 9.17) is 183 Å². The van der Waals surface area contributed by atoms with Crippen LogP contribution in [0, 0.1) is 0 Å². The third-order valence-corrected chi connectivity index (χ3v) is 24.1. The van der Waals surface area contributed by atoms with E-state index in [1.807, 2.05) is 62.3 Å². The number of carbonyl (C=O) groups is 8. The Bertz CT molecular complexity index is 3690. The zero-order valence-corrected chi connectivity index (χ0v) is 86.1. The van der Waals surface area contributed by atoms with Crippen LogP contribution in [0.5, 0.6) is 0 Å². The molecule has 0 aromatic rings. The summed E-state index contributed by atoms with van der Waals surface area (Å²) in [6.07, 6.45) is -2.44. The summed E-state index contributed by atoms with van der Waals surface area (Å²) in [7, 11) is 1.55. The number of fused-ring (bicyclic) bond motifs is 7. The minimum absolute atomic E-state index is 0.00197. The van der Waals surface area contributed by atoms with Gasteiger partial charge in [-0.25, -0.2) is 0 Å². The highest BCUT2D eigenvalue weighted by Gasteiger charge is 2.62. The van der Waals surface area contributed by atoms with Crippen LogP contribution in [0.4, 0.5) is 0 Å². The molecule has 0 aromatic carbocycles. The average Bonchev–Trinajstić information content (AvgIpc) is 1.63. The van der Waals surface area contributed by atoms with Gasteiger partial charge >= 0.3 is 35.8 Å². The predicted octanol–water partition coefficient (Wildman–Crippen LogP) is 3.73. The number of rotatable bonds is 34. The van der Waals surface area contributed by atoms with Gasteiger partial charge in [0.25, 0.3) is 0 Å². The first-order chi connectivity index (χ1) is 66.2. The minimum atomic E-state index is -1.000. The lowest BCUT2D eigenvalue weighted by Gasteiger charge is -2.29. The maximum absolute atomic E-state index is 12.0. The highest BCUT2D eigenvalue weighted by molar-refractivity contribution is 5.76. The fourth-order valence-electron chi connectivity index (χ4n) is 17.3. The molecule has 24 unspecified atom stereocenters. The first-order valence-corrected chi connectivity index (χ1v) is 48.8. The molecule has 141 heavy (non-hydrogen) atoms. The molecule has 4 bridgehead atoms. The van der Waals surface area contributed by atoms with Crippen molar-refractivity contribution in [2.24, 2.45) is 0 Å². The van der Waals surface area contributed by atoms with Crippen LogP contribution in [0.1, 0.15) is 241 Å². The van der Waals surface area contributed by atoms with Crippen molar-refractivity contribution in [2.75, 3.05) is 152 Å². The molecule has 13 fully saturated rings. The molecule has 24 atom stereocenters. The highest BCUT2D eigenvalue weighted by atomic mass is 16.8. The summed E-state index contributed by atoms with van der Waals surface area (Å²) in [4.78, 5) is 94.1. The minimum Gasteiger partial charge on any atom is -0.853 e. The van der Waals surface area contributed by atoms with Crippen molar-refractivity contribution >= 4 is 47.4 Å². The van der Waals surface area contributed by atoms with Gasteiger partial charge in [-0.05, 0) is 138 Å². The van der Waals surface area contributed by atoms with Gasteiger partial charge in [0.2, 0.25) is 0 Å². The van der Waals surface area contributed by atoms with E-state index in [2.05, 4.69) is 0 Å². The number of ketones is 2. The Hall–Kier alpha value is -5.12. The average molecular weight is 2040 g/mol. The number of esters is 6. The molecule has 818 valence electrons. The van der Waals surface area contributed by atoms with Crippen molar-refractivity contribution in [1.82, 2.24) is 0 Å². The van der Waals surface area contributed by atoms with Crippen molar-refractivity contribution in [3.63, 3.8) is 0 Å². The number of ether oxygens (including phenoxy) is 31. The zero-order valence-electron chi connectivity index (χ0n) is 86.1. The third kappa shape index (κ3) is 40.0. The molecule has 0 spiro atoms. The van der Waals surface area contributed by atoms with Crippen LogP contribution < -0.4 is 5.11 Å². The summed E-state index contributed by atoms with van der Waals surface area (Å²) in [6.45, 7) is 37.8. The molecule has 46 heteroatoms. The van der Waals surface area contributed by atoms with Crippen LogP contribution >= 0.6 is 0 Å². The molecule has 13 aliphatic heterocycles. The summed E-state index contributed by atoms with van der Waals surface area (Å²) >= 11 is 0. The van der Waals surface area contributed by atoms with Crippen LogP contribution in [-0.4, -0.2) is 398 Å². The topological polar surface area (TPSA) is 567 Å². The molecule has 0 saturated carbocycles. The zero-order chi connectivity index (χ0) is 105. The number of aliphatic hydroxyl groups excluding tert-OH is 6.